The molecule has 2 atom stereocenters. The first kappa shape index (κ1) is 8.00. The van der Waals surface area contributed by atoms with Gasteiger partial charge in [0.1, 0.15) is 5.54 Å². The lowest BCUT2D eigenvalue weighted by molar-refractivity contribution is -0.147. The Bertz CT molecular complexity index is 215. The van der Waals surface area contributed by atoms with Gasteiger partial charge in [-0.3, -0.25) is 14.5 Å². The van der Waals surface area contributed by atoms with Gasteiger partial charge in [0, 0.05) is 6.54 Å². The maximum atomic E-state index is 10.5. The smallest absolute Gasteiger partial charge is 0.326 e. The van der Waals surface area contributed by atoms with E-state index in [9.17, 15) is 9.59 Å². The monoisotopic (exact) mass is 159 g/mol. The summed E-state index contributed by atoms with van der Waals surface area (Å²) in [6.45, 7) is 0.328. The van der Waals surface area contributed by atoms with Crippen molar-refractivity contribution in [3.8, 4) is 0 Å². The predicted octanol–water partition coefficient (Wildman–Crippen LogP) is -0.770. The molecule has 2 N–H and O–H groups in total. The number of carboxylic acid groups (broad SMARTS) is 2. The van der Waals surface area contributed by atoms with Crippen LogP contribution in [0.3, 0.4) is 0 Å². The minimum absolute atomic E-state index is 0.321. The zero-order valence-electron chi connectivity index (χ0n) is 6.07. The van der Waals surface area contributed by atoms with E-state index in [2.05, 4.69) is 0 Å². The van der Waals surface area contributed by atoms with E-state index in [1.807, 2.05) is 0 Å². The Balaban J connectivity index is 2.65. The lowest BCUT2D eigenvalue weighted by Crippen LogP contribution is -2.31. The first-order valence-electron chi connectivity index (χ1n) is 3.15. The van der Waals surface area contributed by atoms with Crippen LogP contribution in [0.2, 0.25) is 0 Å². The molecule has 0 aromatic rings. The number of likely N-dealkylation sites (N-methyl/N-ethyl adjacent to an activating group) is 1. The van der Waals surface area contributed by atoms with Gasteiger partial charge in [-0.1, -0.05) is 0 Å². The van der Waals surface area contributed by atoms with Crippen LogP contribution in [-0.4, -0.2) is 46.2 Å². The molecule has 1 saturated heterocycles. The zero-order chi connectivity index (χ0) is 8.65. The fraction of sp³-hybridized carbons (Fsp3) is 0.667. The van der Waals surface area contributed by atoms with Gasteiger partial charge in [-0.25, -0.2) is 0 Å². The fourth-order valence-corrected chi connectivity index (χ4v) is 1.10. The van der Waals surface area contributed by atoms with Crippen LogP contribution in [0.1, 0.15) is 6.42 Å². The SMILES string of the molecule is CN1CC1(CC(=O)O)C(=O)O. The van der Waals surface area contributed by atoms with Crippen molar-refractivity contribution in [2.24, 2.45) is 0 Å². The fourth-order valence-electron chi connectivity index (χ4n) is 1.10. The molecule has 0 aromatic carbocycles. The molecule has 5 heteroatoms. The second kappa shape index (κ2) is 2.20. The average Bonchev–Trinajstić information content (AvgIpc) is 2.41. The third-order valence-electron chi connectivity index (χ3n) is 1.97. The van der Waals surface area contributed by atoms with Crippen molar-refractivity contribution < 1.29 is 19.8 Å². The summed E-state index contributed by atoms with van der Waals surface area (Å²) in [5, 5.41) is 17.0. The lowest BCUT2D eigenvalue weighted by Gasteiger charge is -2.05. The Labute approximate surface area is 63.2 Å². The molecule has 2 unspecified atom stereocenters. The van der Waals surface area contributed by atoms with Crippen molar-refractivity contribution in [3.05, 3.63) is 0 Å². The van der Waals surface area contributed by atoms with Gasteiger partial charge in [0.05, 0.1) is 6.42 Å². The van der Waals surface area contributed by atoms with Gasteiger partial charge in [-0.15, -0.1) is 0 Å². The summed E-state index contributed by atoms with van der Waals surface area (Å²) in [5.74, 6) is -2.13. The van der Waals surface area contributed by atoms with Crippen molar-refractivity contribution in [1.82, 2.24) is 4.90 Å². The Morgan fingerprint density at radius 3 is 2.09 bits per heavy atom. The first-order chi connectivity index (χ1) is 4.99. The number of nitrogens with zero attached hydrogens (tertiary/aromatic N) is 1. The molecule has 0 radical (unpaired) electrons. The molecule has 0 aliphatic carbocycles. The van der Waals surface area contributed by atoms with E-state index < -0.39 is 17.5 Å². The van der Waals surface area contributed by atoms with Crippen LogP contribution in [0.25, 0.3) is 0 Å². The second-order valence-electron chi connectivity index (χ2n) is 2.76. The van der Waals surface area contributed by atoms with E-state index in [4.69, 9.17) is 10.2 Å². The van der Waals surface area contributed by atoms with Crippen LogP contribution in [0.4, 0.5) is 0 Å². The summed E-state index contributed by atoms with van der Waals surface area (Å²) in [6, 6.07) is 0. The van der Waals surface area contributed by atoms with E-state index in [0.717, 1.165) is 0 Å². The summed E-state index contributed by atoms with van der Waals surface area (Å²) in [7, 11) is 1.59. The molecule has 11 heavy (non-hydrogen) atoms. The average molecular weight is 159 g/mol. The Morgan fingerprint density at radius 2 is 2.00 bits per heavy atom. The van der Waals surface area contributed by atoms with Gasteiger partial charge >= 0.3 is 11.9 Å². The molecule has 1 aliphatic rings. The molecule has 1 fully saturated rings. The summed E-state index contributed by atoms with van der Waals surface area (Å²) < 4.78 is 0. The minimum atomic E-state index is -1.12. The topological polar surface area (TPSA) is 77.6 Å². The normalized spacial score (nSPS) is 34.8. The van der Waals surface area contributed by atoms with Gasteiger partial charge < -0.3 is 10.2 Å². The second-order valence-corrected chi connectivity index (χ2v) is 2.76. The van der Waals surface area contributed by atoms with Crippen LogP contribution in [0.15, 0.2) is 0 Å². The molecule has 1 aliphatic heterocycles. The standard InChI is InChI=1S/C6H9NO4/c1-7-3-6(7,5(10)11)2-4(8)9/h2-3H2,1H3,(H,8,9)(H,10,11). The molecular formula is C6H9NO4. The molecule has 0 aromatic heterocycles. The zero-order valence-corrected chi connectivity index (χ0v) is 6.07. The van der Waals surface area contributed by atoms with Crippen LogP contribution in [0.5, 0.6) is 0 Å². The van der Waals surface area contributed by atoms with Crippen molar-refractivity contribution in [2.75, 3.05) is 13.6 Å². The van der Waals surface area contributed by atoms with Gasteiger partial charge in [0.25, 0.3) is 0 Å². The highest BCUT2D eigenvalue weighted by molar-refractivity contribution is 5.88. The number of hydrogen-bond acceptors (Lipinski definition) is 3. The highest BCUT2D eigenvalue weighted by atomic mass is 16.4. The molecule has 1 heterocycles. The summed E-state index contributed by atoms with van der Waals surface area (Å²) in [4.78, 5) is 22.2. The Morgan fingerprint density at radius 1 is 1.55 bits per heavy atom. The van der Waals surface area contributed by atoms with Gasteiger partial charge in [-0.2, -0.15) is 0 Å². The molecule has 0 saturated carbocycles. The van der Waals surface area contributed by atoms with E-state index in [-0.39, 0.29) is 6.42 Å². The molecular weight excluding hydrogens is 150 g/mol. The third-order valence-corrected chi connectivity index (χ3v) is 1.97. The highest BCUT2D eigenvalue weighted by Crippen LogP contribution is 2.33. The van der Waals surface area contributed by atoms with Gasteiger partial charge in [-0.05, 0) is 7.05 Å². The van der Waals surface area contributed by atoms with Crippen molar-refractivity contribution in [3.63, 3.8) is 0 Å². The molecule has 1 rings (SSSR count). The number of hydrogen-bond donors (Lipinski definition) is 2. The van der Waals surface area contributed by atoms with Crippen molar-refractivity contribution >= 4 is 11.9 Å². The Hall–Kier alpha value is -1.10. The van der Waals surface area contributed by atoms with Crippen molar-refractivity contribution in [2.45, 2.75) is 12.0 Å². The maximum Gasteiger partial charge on any atom is 0.326 e. The summed E-state index contributed by atoms with van der Waals surface area (Å²) in [6.07, 6.45) is -0.321. The van der Waals surface area contributed by atoms with Crippen LogP contribution in [0, 0.1) is 0 Å². The predicted molar refractivity (Wildman–Crippen MR) is 35.2 cm³/mol. The molecule has 0 spiro atoms. The molecule has 0 amide bonds. The number of carbonyl (C=O) groups is 2. The minimum Gasteiger partial charge on any atom is -0.481 e. The van der Waals surface area contributed by atoms with Crippen LogP contribution < -0.4 is 0 Å². The summed E-state index contributed by atoms with van der Waals surface area (Å²) >= 11 is 0. The van der Waals surface area contributed by atoms with Crippen LogP contribution in [-0.2, 0) is 9.59 Å². The van der Waals surface area contributed by atoms with Crippen LogP contribution >= 0.6 is 0 Å². The van der Waals surface area contributed by atoms with E-state index in [1.54, 1.807) is 7.05 Å². The lowest BCUT2D eigenvalue weighted by atomic mass is 10.1. The van der Waals surface area contributed by atoms with Gasteiger partial charge in [0.15, 0.2) is 0 Å². The largest absolute Gasteiger partial charge is 0.481 e. The number of aliphatic carboxylic acids is 2. The highest BCUT2D eigenvalue weighted by Gasteiger charge is 2.57. The molecule has 0 bridgehead atoms. The summed E-state index contributed by atoms with van der Waals surface area (Å²) in [5.41, 5.74) is -1.12. The van der Waals surface area contributed by atoms with Gasteiger partial charge in [0.2, 0.25) is 0 Å². The number of carboxylic acids is 2. The number of rotatable bonds is 3. The molecule has 5 nitrogen and oxygen atoms in total. The first-order valence-corrected chi connectivity index (χ1v) is 3.15. The van der Waals surface area contributed by atoms with E-state index >= 15 is 0 Å². The van der Waals surface area contributed by atoms with Crippen molar-refractivity contribution in [1.29, 1.82) is 0 Å². The maximum absolute atomic E-state index is 10.5. The van der Waals surface area contributed by atoms with E-state index in [0.29, 0.717) is 6.54 Å². The quantitative estimate of drug-likeness (QED) is 0.529. The Kier molecular flexibility index (Phi) is 1.60. The third kappa shape index (κ3) is 1.19. The van der Waals surface area contributed by atoms with E-state index in [1.165, 1.54) is 4.90 Å². The molecule has 62 valence electrons.